The van der Waals surface area contributed by atoms with Crippen LogP contribution in [0.4, 0.5) is 8.78 Å². The molecular formula is C16H12ClF2NO. The Kier molecular flexibility index (Phi) is 5.15. The van der Waals surface area contributed by atoms with E-state index < -0.39 is 11.6 Å². The molecule has 0 fully saturated rings. The van der Waals surface area contributed by atoms with Gasteiger partial charge in [0.2, 0.25) is 0 Å². The number of nitrogens with two attached hydrogens (primary N) is 1. The fourth-order valence-corrected chi connectivity index (χ4v) is 1.86. The van der Waals surface area contributed by atoms with Crippen LogP contribution in [-0.2, 0) is 6.61 Å². The second-order valence-electron chi connectivity index (χ2n) is 4.18. The third-order valence-corrected chi connectivity index (χ3v) is 3.02. The van der Waals surface area contributed by atoms with E-state index in [1.807, 2.05) is 0 Å². The van der Waals surface area contributed by atoms with Gasteiger partial charge in [-0.2, -0.15) is 0 Å². The van der Waals surface area contributed by atoms with Crippen LogP contribution >= 0.6 is 11.6 Å². The lowest BCUT2D eigenvalue weighted by Crippen LogP contribution is -1.99. The fraction of sp³-hybridized carbons (Fsp3) is 0.125. The van der Waals surface area contributed by atoms with Crippen molar-refractivity contribution in [2.24, 2.45) is 5.73 Å². The van der Waals surface area contributed by atoms with Gasteiger partial charge in [-0.05, 0) is 30.3 Å². The highest BCUT2D eigenvalue weighted by Gasteiger charge is 2.07. The molecule has 0 saturated carbocycles. The highest BCUT2D eigenvalue weighted by molar-refractivity contribution is 6.31. The standard InChI is InChI=1S/C16H12ClF2NO/c17-14-9-13(18)5-4-12(14)10-21-16-8-11(2-1-7-20)3-6-15(16)19/h3-6,8-9H,7,10,20H2. The summed E-state index contributed by atoms with van der Waals surface area (Å²) < 4.78 is 32.0. The van der Waals surface area contributed by atoms with Crippen LogP contribution in [0.25, 0.3) is 0 Å². The second-order valence-corrected chi connectivity index (χ2v) is 4.58. The zero-order valence-corrected chi connectivity index (χ0v) is 11.8. The van der Waals surface area contributed by atoms with Gasteiger partial charge in [0.25, 0.3) is 0 Å². The lowest BCUT2D eigenvalue weighted by molar-refractivity contribution is 0.290. The van der Waals surface area contributed by atoms with Crippen molar-refractivity contribution < 1.29 is 13.5 Å². The first kappa shape index (κ1) is 15.3. The number of benzene rings is 2. The van der Waals surface area contributed by atoms with Crippen molar-refractivity contribution in [1.29, 1.82) is 0 Å². The van der Waals surface area contributed by atoms with E-state index in [1.165, 1.54) is 36.4 Å². The van der Waals surface area contributed by atoms with Crippen LogP contribution in [0.15, 0.2) is 36.4 Å². The number of halogens is 3. The van der Waals surface area contributed by atoms with Gasteiger partial charge in [0.05, 0.1) is 11.6 Å². The number of hydrogen-bond acceptors (Lipinski definition) is 2. The highest BCUT2D eigenvalue weighted by Crippen LogP contribution is 2.22. The van der Waals surface area contributed by atoms with Gasteiger partial charge in [-0.15, -0.1) is 0 Å². The molecule has 0 saturated heterocycles. The molecule has 2 nitrogen and oxygen atoms in total. The average molecular weight is 308 g/mol. The topological polar surface area (TPSA) is 35.2 Å². The van der Waals surface area contributed by atoms with E-state index >= 15 is 0 Å². The Hall–Kier alpha value is -2.09. The lowest BCUT2D eigenvalue weighted by atomic mass is 10.2. The van der Waals surface area contributed by atoms with Crippen molar-refractivity contribution in [2.75, 3.05) is 6.54 Å². The van der Waals surface area contributed by atoms with Gasteiger partial charge < -0.3 is 10.5 Å². The van der Waals surface area contributed by atoms with Crippen molar-refractivity contribution in [1.82, 2.24) is 0 Å². The Morgan fingerprint density at radius 1 is 1.14 bits per heavy atom. The van der Waals surface area contributed by atoms with E-state index in [-0.39, 0.29) is 23.9 Å². The van der Waals surface area contributed by atoms with E-state index in [4.69, 9.17) is 22.1 Å². The van der Waals surface area contributed by atoms with E-state index in [1.54, 1.807) is 0 Å². The summed E-state index contributed by atoms with van der Waals surface area (Å²) in [6.07, 6.45) is 0. The first-order valence-electron chi connectivity index (χ1n) is 6.15. The first-order chi connectivity index (χ1) is 10.1. The van der Waals surface area contributed by atoms with Crippen molar-refractivity contribution in [3.63, 3.8) is 0 Å². The lowest BCUT2D eigenvalue weighted by Gasteiger charge is -2.09. The van der Waals surface area contributed by atoms with Crippen LogP contribution in [-0.4, -0.2) is 6.54 Å². The Labute approximate surface area is 126 Å². The maximum atomic E-state index is 13.7. The molecule has 5 heteroatoms. The second kappa shape index (κ2) is 7.07. The van der Waals surface area contributed by atoms with Gasteiger partial charge in [-0.3, -0.25) is 0 Å². The Balaban J connectivity index is 2.15. The molecule has 0 unspecified atom stereocenters. The summed E-state index contributed by atoms with van der Waals surface area (Å²) >= 11 is 5.89. The van der Waals surface area contributed by atoms with E-state index in [2.05, 4.69) is 11.8 Å². The summed E-state index contributed by atoms with van der Waals surface area (Å²) in [5.74, 6) is 4.58. The van der Waals surface area contributed by atoms with Gasteiger partial charge in [0.15, 0.2) is 11.6 Å². The maximum Gasteiger partial charge on any atom is 0.165 e. The van der Waals surface area contributed by atoms with Crippen molar-refractivity contribution >= 4 is 11.6 Å². The van der Waals surface area contributed by atoms with Gasteiger partial charge in [-0.1, -0.05) is 29.5 Å². The quantitative estimate of drug-likeness (QED) is 0.881. The summed E-state index contributed by atoms with van der Waals surface area (Å²) in [6, 6.07) is 8.23. The molecule has 0 amide bonds. The summed E-state index contributed by atoms with van der Waals surface area (Å²) in [6.45, 7) is 0.253. The molecule has 0 aromatic heterocycles. The Morgan fingerprint density at radius 2 is 1.95 bits per heavy atom. The molecule has 0 spiro atoms. The van der Waals surface area contributed by atoms with Crippen molar-refractivity contribution in [2.45, 2.75) is 6.61 Å². The van der Waals surface area contributed by atoms with Gasteiger partial charge >= 0.3 is 0 Å². The molecule has 0 aliphatic rings. The molecule has 2 rings (SSSR count). The molecular weight excluding hydrogens is 296 g/mol. The zero-order valence-electron chi connectivity index (χ0n) is 11.0. The SMILES string of the molecule is NCC#Cc1ccc(F)c(OCc2ccc(F)cc2Cl)c1. The molecule has 108 valence electrons. The zero-order chi connectivity index (χ0) is 15.2. The van der Waals surface area contributed by atoms with E-state index in [9.17, 15) is 8.78 Å². The van der Waals surface area contributed by atoms with Crippen molar-refractivity contribution in [3.8, 4) is 17.6 Å². The maximum absolute atomic E-state index is 13.7. The molecule has 0 aliphatic carbocycles. The van der Waals surface area contributed by atoms with Crippen LogP contribution in [0, 0.1) is 23.5 Å². The smallest absolute Gasteiger partial charge is 0.165 e. The monoisotopic (exact) mass is 307 g/mol. The third kappa shape index (κ3) is 4.19. The Morgan fingerprint density at radius 3 is 2.67 bits per heavy atom. The van der Waals surface area contributed by atoms with Crippen LogP contribution in [0.1, 0.15) is 11.1 Å². The van der Waals surface area contributed by atoms with E-state index in [0.717, 1.165) is 0 Å². The largest absolute Gasteiger partial charge is 0.486 e. The molecule has 0 atom stereocenters. The molecule has 21 heavy (non-hydrogen) atoms. The number of rotatable bonds is 3. The predicted octanol–water partition coefficient (Wildman–Crippen LogP) is 3.51. The summed E-state index contributed by atoms with van der Waals surface area (Å²) in [4.78, 5) is 0. The van der Waals surface area contributed by atoms with Crippen LogP contribution < -0.4 is 10.5 Å². The van der Waals surface area contributed by atoms with Crippen molar-refractivity contribution in [3.05, 3.63) is 64.2 Å². The molecule has 0 heterocycles. The molecule has 2 aromatic carbocycles. The summed E-state index contributed by atoms with van der Waals surface area (Å²) in [5, 5.41) is 0.231. The summed E-state index contributed by atoms with van der Waals surface area (Å²) in [7, 11) is 0. The van der Waals surface area contributed by atoms with Gasteiger partial charge in [0, 0.05) is 11.1 Å². The third-order valence-electron chi connectivity index (χ3n) is 2.66. The van der Waals surface area contributed by atoms with Gasteiger partial charge in [-0.25, -0.2) is 8.78 Å². The minimum absolute atomic E-state index is 0.0316. The Bertz CT molecular complexity index is 707. The molecule has 2 N–H and O–H groups in total. The predicted molar refractivity (Wildman–Crippen MR) is 78.1 cm³/mol. The highest BCUT2D eigenvalue weighted by atomic mass is 35.5. The summed E-state index contributed by atoms with van der Waals surface area (Å²) in [5.41, 5.74) is 6.45. The first-order valence-corrected chi connectivity index (χ1v) is 6.53. The van der Waals surface area contributed by atoms with E-state index in [0.29, 0.717) is 11.1 Å². The fourth-order valence-electron chi connectivity index (χ4n) is 1.64. The normalized spacial score (nSPS) is 9.90. The minimum atomic E-state index is -0.508. The number of hydrogen-bond donors (Lipinski definition) is 1. The van der Waals surface area contributed by atoms with Crippen LogP contribution in [0.2, 0.25) is 5.02 Å². The van der Waals surface area contributed by atoms with Crippen LogP contribution in [0.3, 0.4) is 0 Å². The molecule has 0 radical (unpaired) electrons. The minimum Gasteiger partial charge on any atom is -0.486 e. The van der Waals surface area contributed by atoms with Crippen LogP contribution in [0.5, 0.6) is 5.75 Å². The average Bonchev–Trinajstić information content (AvgIpc) is 2.46. The molecule has 0 bridgehead atoms. The molecule has 2 aromatic rings. The van der Waals surface area contributed by atoms with Gasteiger partial charge in [0.1, 0.15) is 12.4 Å². The number of ether oxygens (including phenoxy) is 1. The molecule has 0 aliphatic heterocycles.